The van der Waals surface area contributed by atoms with E-state index in [1.165, 1.54) is 6.07 Å². The molecule has 3 N–H and O–H groups in total. The van der Waals surface area contributed by atoms with Crippen LogP contribution in [0.5, 0.6) is 0 Å². The van der Waals surface area contributed by atoms with Gasteiger partial charge in [-0.3, -0.25) is 14.5 Å². The smallest absolute Gasteiger partial charge is 0.399 e. The second kappa shape index (κ2) is 6.08. The number of benzene rings is 1. The number of Topliss-reactive ketones (excluding diaryl/α,β-unsaturated/α-hetero) is 1. The molecule has 2 bridgehead atoms. The molecule has 2 fully saturated rings. The minimum Gasteiger partial charge on any atom is -0.399 e. The zero-order valence-corrected chi connectivity index (χ0v) is 12.9. The van der Waals surface area contributed by atoms with Crippen molar-refractivity contribution in [1.29, 1.82) is 0 Å². The Morgan fingerprint density at radius 1 is 1.33 bits per heavy atom. The van der Waals surface area contributed by atoms with Gasteiger partial charge in [-0.05, 0) is 24.6 Å². The number of carbonyl (C=O) groups is 2. The summed E-state index contributed by atoms with van der Waals surface area (Å²) < 4.78 is 38.3. The Morgan fingerprint density at radius 2 is 2.08 bits per heavy atom. The van der Waals surface area contributed by atoms with E-state index >= 15 is 0 Å². The normalized spacial score (nSPS) is 23.7. The first-order valence-electron chi connectivity index (χ1n) is 7.77. The van der Waals surface area contributed by atoms with Crippen molar-refractivity contribution in [2.24, 2.45) is 5.92 Å². The van der Waals surface area contributed by atoms with Crippen LogP contribution in [0.4, 0.5) is 18.9 Å². The molecule has 1 aliphatic carbocycles. The average Bonchev–Trinajstić information content (AvgIpc) is 3.04. The summed E-state index contributed by atoms with van der Waals surface area (Å²) in [6, 6.07) is 3.06. The molecule has 0 spiro atoms. The van der Waals surface area contributed by atoms with Gasteiger partial charge in [-0.25, -0.2) is 0 Å². The molecule has 1 saturated carbocycles. The molecule has 5 nitrogen and oxygen atoms in total. The molecular weight excluding hydrogens is 323 g/mol. The van der Waals surface area contributed by atoms with Crippen molar-refractivity contribution in [3.63, 3.8) is 0 Å². The number of hydrogen-bond donors (Lipinski definition) is 2. The minimum atomic E-state index is -4.55. The highest BCUT2D eigenvalue weighted by molar-refractivity contribution is 5.95. The Balaban J connectivity index is 1.56. The van der Waals surface area contributed by atoms with Crippen molar-refractivity contribution in [2.45, 2.75) is 25.1 Å². The number of carbonyl (C=O) groups excluding carboxylic acids is 2. The Kier molecular flexibility index (Phi) is 4.25. The standard InChI is InChI=1S/C16H18F3N3O2/c17-16(18,19)11-3-9(4-12(20)6-11)15(24)21-1-2-22-8-10-5-13(22)7-14(10)23/h3-4,6,10,13H,1-2,5,7-8,20H2,(H,21,24)/t10-,13-/m0/s1. The molecule has 3 rings (SSSR count). The number of likely N-dealkylation sites (tertiary alicyclic amines) is 1. The van der Waals surface area contributed by atoms with Gasteiger partial charge < -0.3 is 11.1 Å². The number of anilines is 1. The maximum atomic E-state index is 12.8. The number of amides is 1. The fourth-order valence-corrected chi connectivity index (χ4v) is 3.46. The molecule has 1 aromatic rings. The van der Waals surface area contributed by atoms with Crippen molar-refractivity contribution < 1.29 is 22.8 Å². The number of hydrogen-bond acceptors (Lipinski definition) is 4. The molecular formula is C16H18F3N3O2. The van der Waals surface area contributed by atoms with E-state index < -0.39 is 17.6 Å². The second-order valence-corrected chi connectivity index (χ2v) is 6.35. The summed E-state index contributed by atoms with van der Waals surface area (Å²) in [6.07, 6.45) is -3.12. The van der Waals surface area contributed by atoms with E-state index in [9.17, 15) is 22.8 Å². The van der Waals surface area contributed by atoms with Crippen LogP contribution >= 0.6 is 0 Å². The number of halogens is 3. The van der Waals surface area contributed by atoms with Gasteiger partial charge in [0, 0.05) is 49.3 Å². The van der Waals surface area contributed by atoms with Crippen LogP contribution in [0.1, 0.15) is 28.8 Å². The molecule has 8 heteroatoms. The van der Waals surface area contributed by atoms with E-state index in [0.29, 0.717) is 31.8 Å². The molecule has 0 unspecified atom stereocenters. The molecule has 1 aromatic carbocycles. The number of nitrogen functional groups attached to an aromatic ring is 1. The molecule has 1 amide bonds. The average molecular weight is 341 g/mol. The van der Waals surface area contributed by atoms with Gasteiger partial charge in [0.05, 0.1) is 5.56 Å². The van der Waals surface area contributed by atoms with Gasteiger partial charge in [-0.2, -0.15) is 13.2 Å². The summed E-state index contributed by atoms with van der Waals surface area (Å²) >= 11 is 0. The van der Waals surface area contributed by atoms with Crippen molar-refractivity contribution in [3.05, 3.63) is 29.3 Å². The molecule has 0 aromatic heterocycles. The van der Waals surface area contributed by atoms with Crippen LogP contribution in [0.3, 0.4) is 0 Å². The summed E-state index contributed by atoms with van der Waals surface area (Å²) in [5.41, 5.74) is 4.30. The third-order valence-electron chi connectivity index (χ3n) is 4.65. The number of nitrogens with zero attached hydrogens (tertiary/aromatic N) is 1. The molecule has 1 heterocycles. The Morgan fingerprint density at radius 3 is 2.67 bits per heavy atom. The van der Waals surface area contributed by atoms with E-state index in [1.54, 1.807) is 0 Å². The van der Waals surface area contributed by atoms with E-state index in [2.05, 4.69) is 10.2 Å². The van der Waals surface area contributed by atoms with Crippen molar-refractivity contribution in [1.82, 2.24) is 10.2 Å². The zero-order valence-electron chi connectivity index (χ0n) is 12.9. The fourth-order valence-electron chi connectivity index (χ4n) is 3.46. The lowest BCUT2D eigenvalue weighted by atomic mass is 10.1. The summed E-state index contributed by atoms with van der Waals surface area (Å²) in [5, 5.41) is 2.61. The van der Waals surface area contributed by atoms with Gasteiger partial charge >= 0.3 is 6.18 Å². The maximum absolute atomic E-state index is 12.8. The molecule has 24 heavy (non-hydrogen) atoms. The minimum absolute atomic E-state index is 0.106. The molecule has 2 atom stereocenters. The van der Waals surface area contributed by atoms with Crippen LogP contribution in [0.25, 0.3) is 0 Å². The van der Waals surface area contributed by atoms with Gasteiger partial charge in [-0.1, -0.05) is 0 Å². The molecule has 130 valence electrons. The van der Waals surface area contributed by atoms with Crippen molar-refractivity contribution >= 4 is 17.4 Å². The van der Waals surface area contributed by atoms with Crippen LogP contribution in [-0.4, -0.2) is 42.3 Å². The van der Waals surface area contributed by atoms with Crippen LogP contribution in [0.15, 0.2) is 18.2 Å². The number of nitrogens with one attached hydrogen (secondary N) is 1. The molecule has 2 aliphatic rings. The predicted molar refractivity (Wildman–Crippen MR) is 81.3 cm³/mol. The van der Waals surface area contributed by atoms with Crippen LogP contribution < -0.4 is 11.1 Å². The van der Waals surface area contributed by atoms with E-state index in [4.69, 9.17) is 5.73 Å². The van der Waals surface area contributed by atoms with Crippen LogP contribution in [-0.2, 0) is 11.0 Å². The van der Waals surface area contributed by atoms with Gasteiger partial charge in [0.15, 0.2) is 0 Å². The fraction of sp³-hybridized carbons (Fsp3) is 0.500. The maximum Gasteiger partial charge on any atom is 0.416 e. The topological polar surface area (TPSA) is 75.4 Å². The Hall–Kier alpha value is -2.09. The zero-order chi connectivity index (χ0) is 17.5. The van der Waals surface area contributed by atoms with Gasteiger partial charge in [-0.15, -0.1) is 0 Å². The van der Waals surface area contributed by atoms with E-state index in [0.717, 1.165) is 18.6 Å². The number of nitrogens with two attached hydrogens (primary N) is 1. The first kappa shape index (κ1) is 16.8. The lowest BCUT2D eigenvalue weighted by Crippen LogP contribution is -2.41. The van der Waals surface area contributed by atoms with Gasteiger partial charge in [0.25, 0.3) is 5.91 Å². The summed E-state index contributed by atoms with van der Waals surface area (Å²) in [6.45, 7) is 1.59. The summed E-state index contributed by atoms with van der Waals surface area (Å²) in [7, 11) is 0. The largest absolute Gasteiger partial charge is 0.416 e. The second-order valence-electron chi connectivity index (χ2n) is 6.35. The first-order valence-corrected chi connectivity index (χ1v) is 7.77. The quantitative estimate of drug-likeness (QED) is 0.817. The number of alkyl halides is 3. The Bertz CT molecular complexity index is 675. The van der Waals surface area contributed by atoms with Crippen molar-refractivity contribution in [2.75, 3.05) is 25.4 Å². The van der Waals surface area contributed by atoms with E-state index in [1.807, 2.05) is 0 Å². The third-order valence-corrected chi connectivity index (χ3v) is 4.65. The van der Waals surface area contributed by atoms with Gasteiger partial charge in [0.1, 0.15) is 5.78 Å². The highest BCUT2D eigenvalue weighted by atomic mass is 19.4. The first-order chi connectivity index (χ1) is 11.2. The van der Waals surface area contributed by atoms with E-state index in [-0.39, 0.29) is 23.2 Å². The summed E-state index contributed by atoms with van der Waals surface area (Å²) in [5.74, 6) is -0.179. The highest BCUT2D eigenvalue weighted by Crippen LogP contribution is 2.34. The molecule has 1 saturated heterocycles. The Labute approximate surface area is 137 Å². The molecule has 0 radical (unpaired) electrons. The monoisotopic (exact) mass is 341 g/mol. The number of ketones is 1. The summed E-state index contributed by atoms with van der Waals surface area (Å²) in [4.78, 5) is 25.7. The number of rotatable bonds is 4. The lowest BCUT2D eigenvalue weighted by molar-refractivity contribution is -0.137. The van der Waals surface area contributed by atoms with Crippen LogP contribution in [0, 0.1) is 5.92 Å². The number of fused-ring (bicyclic) bond motifs is 2. The SMILES string of the molecule is Nc1cc(C(=O)NCCN2C[C@@H]3C[C@H]2CC3=O)cc(C(F)(F)F)c1. The van der Waals surface area contributed by atoms with Gasteiger partial charge in [0.2, 0.25) is 0 Å². The molecule has 1 aliphatic heterocycles. The third kappa shape index (κ3) is 3.38. The number of piperidine rings is 1. The predicted octanol–water partition coefficient (Wildman–Crippen LogP) is 1.68. The van der Waals surface area contributed by atoms with Crippen molar-refractivity contribution in [3.8, 4) is 0 Å². The highest BCUT2D eigenvalue weighted by Gasteiger charge is 2.43. The lowest BCUT2D eigenvalue weighted by Gasteiger charge is -2.26. The van der Waals surface area contributed by atoms with Crippen LogP contribution in [0.2, 0.25) is 0 Å².